The van der Waals surface area contributed by atoms with E-state index in [2.05, 4.69) is 4.98 Å². The molecule has 0 atom stereocenters. The van der Waals surface area contributed by atoms with Crippen LogP contribution in [0.1, 0.15) is 22.4 Å². The highest BCUT2D eigenvalue weighted by atomic mass is 19.4. The van der Waals surface area contributed by atoms with Crippen molar-refractivity contribution in [1.29, 1.82) is 0 Å². The molecule has 0 N–H and O–H groups in total. The maximum Gasteiger partial charge on any atom is 0.416 e. The average molecular weight is 290 g/mol. The van der Waals surface area contributed by atoms with Crippen molar-refractivity contribution in [2.24, 2.45) is 0 Å². The maximum atomic E-state index is 13.0. The molecule has 21 heavy (non-hydrogen) atoms. The Morgan fingerprint density at radius 1 is 1.10 bits per heavy atom. The van der Waals surface area contributed by atoms with Crippen molar-refractivity contribution in [3.05, 3.63) is 71.2 Å². The first-order chi connectivity index (χ1) is 9.95. The van der Waals surface area contributed by atoms with Crippen molar-refractivity contribution in [2.75, 3.05) is 0 Å². The zero-order valence-corrected chi connectivity index (χ0v) is 11.4. The van der Waals surface area contributed by atoms with Crippen LogP contribution in [0.4, 0.5) is 13.2 Å². The predicted octanol–water partition coefficient (Wildman–Crippen LogP) is 4.25. The molecule has 0 aliphatic rings. The van der Waals surface area contributed by atoms with Gasteiger partial charge in [-0.15, -0.1) is 0 Å². The van der Waals surface area contributed by atoms with Gasteiger partial charge in [-0.3, -0.25) is 0 Å². The third-order valence-corrected chi connectivity index (χ3v) is 3.42. The second kappa shape index (κ2) is 4.91. The van der Waals surface area contributed by atoms with E-state index in [0.717, 1.165) is 17.3 Å². The summed E-state index contributed by atoms with van der Waals surface area (Å²) in [4.78, 5) is 4.43. The summed E-state index contributed by atoms with van der Waals surface area (Å²) in [6, 6.07) is 9.44. The zero-order chi connectivity index (χ0) is 15.0. The fourth-order valence-electron chi connectivity index (χ4n) is 2.44. The standard InChI is InChI=1S/C16H13F3N2/c1-11-5-4-8-21-10-13(20-15(11)21)9-12-6-2-3-7-14(12)16(17,18)19/h2-8,10H,9H2,1H3. The molecule has 0 aliphatic heterocycles. The van der Waals surface area contributed by atoms with Crippen LogP contribution in [0.25, 0.3) is 5.65 Å². The molecule has 2 heterocycles. The monoisotopic (exact) mass is 290 g/mol. The largest absolute Gasteiger partial charge is 0.416 e. The molecule has 1 aromatic carbocycles. The number of rotatable bonds is 2. The SMILES string of the molecule is Cc1cccn2cc(Cc3ccccc3C(F)(F)F)nc12. The number of aryl methyl sites for hydroxylation is 1. The van der Waals surface area contributed by atoms with Crippen molar-refractivity contribution in [1.82, 2.24) is 9.38 Å². The lowest BCUT2D eigenvalue weighted by molar-refractivity contribution is -0.138. The van der Waals surface area contributed by atoms with E-state index >= 15 is 0 Å². The second-order valence-electron chi connectivity index (χ2n) is 4.99. The van der Waals surface area contributed by atoms with Crippen molar-refractivity contribution >= 4 is 5.65 Å². The number of alkyl halides is 3. The summed E-state index contributed by atoms with van der Waals surface area (Å²) in [6.45, 7) is 1.93. The van der Waals surface area contributed by atoms with E-state index in [1.165, 1.54) is 12.1 Å². The fourth-order valence-corrected chi connectivity index (χ4v) is 2.44. The Morgan fingerprint density at radius 3 is 2.57 bits per heavy atom. The molecule has 5 heteroatoms. The number of benzene rings is 1. The molecule has 0 saturated carbocycles. The molecular weight excluding hydrogens is 277 g/mol. The Kier molecular flexibility index (Phi) is 3.20. The minimum Gasteiger partial charge on any atom is -0.307 e. The molecule has 0 amide bonds. The summed E-state index contributed by atoms with van der Waals surface area (Å²) in [5.41, 5.74) is 2.04. The first-order valence-corrected chi connectivity index (χ1v) is 6.53. The van der Waals surface area contributed by atoms with Crippen molar-refractivity contribution in [3.63, 3.8) is 0 Å². The normalized spacial score (nSPS) is 12.0. The van der Waals surface area contributed by atoms with Crippen molar-refractivity contribution < 1.29 is 13.2 Å². The van der Waals surface area contributed by atoms with E-state index in [4.69, 9.17) is 0 Å². The number of hydrogen-bond donors (Lipinski definition) is 0. The van der Waals surface area contributed by atoms with Gasteiger partial charge in [0.05, 0.1) is 11.3 Å². The molecule has 3 rings (SSSR count). The van der Waals surface area contributed by atoms with Gasteiger partial charge in [0.1, 0.15) is 5.65 Å². The molecule has 0 spiro atoms. The summed E-state index contributed by atoms with van der Waals surface area (Å²) >= 11 is 0. The maximum absolute atomic E-state index is 13.0. The van der Waals surface area contributed by atoms with E-state index in [1.54, 1.807) is 12.3 Å². The Bertz CT molecular complexity index is 788. The second-order valence-corrected chi connectivity index (χ2v) is 4.99. The van der Waals surface area contributed by atoms with Crippen molar-refractivity contribution in [2.45, 2.75) is 19.5 Å². The Hall–Kier alpha value is -2.30. The van der Waals surface area contributed by atoms with Gasteiger partial charge in [0.25, 0.3) is 0 Å². The predicted molar refractivity (Wildman–Crippen MR) is 74.2 cm³/mol. The lowest BCUT2D eigenvalue weighted by Gasteiger charge is -2.11. The third-order valence-electron chi connectivity index (χ3n) is 3.42. The quantitative estimate of drug-likeness (QED) is 0.689. The molecule has 0 fully saturated rings. The van der Waals surface area contributed by atoms with E-state index in [0.29, 0.717) is 5.69 Å². The van der Waals surface area contributed by atoms with Gasteiger partial charge >= 0.3 is 6.18 Å². The van der Waals surface area contributed by atoms with E-state index in [-0.39, 0.29) is 12.0 Å². The molecule has 0 saturated heterocycles. The Balaban J connectivity index is 2.01. The van der Waals surface area contributed by atoms with Crippen molar-refractivity contribution in [3.8, 4) is 0 Å². The van der Waals surface area contributed by atoms with Gasteiger partial charge in [0.15, 0.2) is 0 Å². The Morgan fingerprint density at radius 2 is 1.86 bits per heavy atom. The summed E-state index contributed by atoms with van der Waals surface area (Å²) in [5, 5.41) is 0. The van der Waals surface area contributed by atoms with Crippen LogP contribution in [0.2, 0.25) is 0 Å². The van der Waals surface area contributed by atoms with Crippen LogP contribution < -0.4 is 0 Å². The fraction of sp³-hybridized carbons (Fsp3) is 0.188. The van der Waals surface area contributed by atoms with Crippen LogP contribution in [0.3, 0.4) is 0 Å². The minimum absolute atomic E-state index is 0.163. The van der Waals surface area contributed by atoms with E-state index in [9.17, 15) is 13.2 Å². The summed E-state index contributed by atoms with van der Waals surface area (Å²) in [6.07, 6.45) is -0.563. The minimum atomic E-state index is -4.34. The average Bonchev–Trinajstić information content (AvgIpc) is 2.82. The van der Waals surface area contributed by atoms with Crippen LogP contribution in [0.5, 0.6) is 0 Å². The number of fused-ring (bicyclic) bond motifs is 1. The smallest absolute Gasteiger partial charge is 0.307 e. The molecular formula is C16H13F3N2. The highest BCUT2D eigenvalue weighted by Gasteiger charge is 2.32. The molecule has 0 aliphatic carbocycles. The summed E-state index contributed by atoms with van der Waals surface area (Å²) < 4.78 is 40.8. The molecule has 108 valence electrons. The van der Waals surface area contributed by atoms with Crippen LogP contribution in [0.15, 0.2) is 48.8 Å². The number of imidazole rings is 1. The lowest BCUT2D eigenvalue weighted by atomic mass is 10.0. The number of nitrogens with zero attached hydrogens (tertiary/aromatic N) is 2. The first-order valence-electron chi connectivity index (χ1n) is 6.53. The van der Waals surface area contributed by atoms with Gasteiger partial charge in [-0.05, 0) is 30.2 Å². The first kappa shape index (κ1) is 13.7. The molecule has 0 unspecified atom stereocenters. The summed E-state index contributed by atoms with van der Waals surface area (Å²) in [7, 11) is 0. The molecule has 3 aromatic rings. The molecule has 0 radical (unpaired) electrons. The van der Waals surface area contributed by atoms with Gasteiger partial charge in [-0.1, -0.05) is 24.3 Å². The molecule has 2 aromatic heterocycles. The van der Waals surface area contributed by atoms with E-state index < -0.39 is 11.7 Å². The van der Waals surface area contributed by atoms with Gasteiger partial charge in [-0.25, -0.2) is 4.98 Å². The van der Waals surface area contributed by atoms with Gasteiger partial charge < -0.3 is 4.40 Å². The highest BCUT2D eigenvalue weighted by Crippen LogP contribution is 2.32. The van der Waals surface area contributed by atoms with Gasteiger partial charge in [0, 0.05) is 18.8 Å². The van der Waals surface area contributed by atoms with Crippen LogP contribution in [0, 0.1) is 6.92 Å². The van der Waals surface area contributed by atoms with Gasteiger partial charge in [-0.2, -0.15) is 13.2 Å². The number of pyridine rings is 1. The van der Waals surface area contributed by atoms with Crippen LogP contribution in [-0.4, -0.2) is 9.38 Å². The van der Waals surface area contributed by atoms with Crippen LogP contribution in [-0.2, 0) is 12.6 Å². The number of halogens is 3. The van der Waals surface area contributed by atoms with Crippen LogP contribution >= 0.6 is 0 Å². The third kappa shape index (κ3) is 2.63. The Labute approximate surface area is 119 Å². The summed E-state index contributed by atoms with van der Waals surface area (Å²) in [5.74, 6) is 0. The highest BCUT2D eigenvalue weighted by molar-refractivity contribution is 5.48. The molecule has 0 bridgehead atoms. The number of aromatic nitrogens is 2. The lowest BCUT2D eigenvalue weighted by Crippen LogP contribution is -2.09. The zero-order valence-electron chi connectivity index (χ0n) is 11.4. The number of hydrogen-bond acceptors (Lipinski definition) is 1. The molecule has 2 nitrogen and oxygen atoms in total. The van der Waals surface area contributed by atoms with Gasteiger partial charge in [0.2, 0.25) is 0 Å². The topological polar surface area (TPSA) is 17.3 Å². The van der Waals surface area contributed by atoms with E-state index in [1.807, 2.05) is 29.7 Å².